The van der Waals surface area contributed by atoms with Crippen LogP contribution in [-0.4, -0.2) is 11.7 Å². The number of rotatable bonds is 2. The second-order valence-corrected chi connectivity index (χ2v) is 4.64. The summed E-state index contributed by atoms with van der Waals surface area (Å²) in [6.45, 7) is 0.274. The van der Waals surface area contributed by atoms with Gasteiger partial charge in [-0.15, -0.1) is 0 Å². The third-order valence-electron chi connectivity index (χ3n) is 1.56. The largest absolute Gasteiger partial charge is 0.387 e. The molecule has 1 aromatic rings. The smallest absolute Gasteiger partial charge is 0.0922 e. The molecule has 0 amide bonds. The fourth-order valence-corrected chi connectivity index (χ4v) is 2.14. The summed E-state index contributed by atoms with van der Waals surface area (Å²) >= 11 is 4.46. The minimum atomic E-state index is -0.536. The molecule has 3 N–H and O–H groups in total. The molecule has 0 saturated heterocycles. The topological polar surface area (TPSA) is 46.2 Å². The first-order chi connectivity index (χ1) is 5.66. The number of nitrogens with two attached hydrogens (primary N) is 1. The monoisotopic (exact) mass is 389 g/mol. The van der Waals surface area contributed by atoms with E-state index in [2.05, 4.69) is 45.2 Å². The highest BCUT2D eigenvalue weighted by Crippen LogP contribution is 2.23. The summed E-state index contributed by atoms with van der Waals surface area (Å²) in [7, 11) is 0. The van der Waals surface area contributed by atoms with E-state index in [9.17, 15) is 5.11 Å². The lowest BCUT2D eigenvalue weighted by Gasteiger charge is -2.10. The van der Waals surface area contributed by atoms with Crippen LogP contribution in [0.4, 0.5) is 0 Å². The molecule has 0 unspecified atom stereocenters. The molecule has 0 aliphatic carbocycles. The van der Waals surface area contributed by atoms with Crippen molar-refractivity contribution in [2.45, 2.75) is 6.10 Å². The van der Waals surface area contributed by atoms with Crippen LogP contribution in [0.5, 0.6) is 0 Å². The zero-order valence-corrected chi connectivity index (χ0v) is 10.6. The molecule has 0 aliphatic rings. The fraction of sp³-hybridized carbons (Fsp3) is 0.250. The van der Waals surface area contributed by atoms with Crippen LogP contribution in [0.2, 0.25) is 0 Å². The number of benzene rings is 1. The molecular formula is C8H9I2NO. The number of hydrogen-bond acceptors (Lipinski definition) is 2. The van der Waals surface area contributed by atoms with E-state index in [-0.39, 0.29) is 6.54 Å². The Labute approximate surface area is 98.8 Å². The molecular weight excluding hydrogens is 380 g/mol. The van der Waals surface area contributed by atoms with Gasteiger partial charge in [-0.1, -0.05) is 12.1 Å². The normalized spacial score (nSPS) is 13.0. The highest BCUT2D eigenvalue weighted by atomic mass is 127. The van der Waals surface area contributed by atoms with Crippen LogP contribution in [0.25, 0.3) is 0 Å². The molecule has 0 heterocycles. The summed E-state index contributed by atoms with van der Waals surface area (Å²) in [6, 6.07) is 5.84. The predicted octanol–water partition coefficient (Wildman–Crippen LogP) is 1.89. The average Bonchev–Trinajstić information content (AvgIpc) is 2.08. The van der Waals surface area contributed by atoms with Gasteiger partial charge in [-0.3, -0.25) is 0 Å². The van der Waals surface area contributed by atoms with Crippen molar-refractivity contribution in [2.24, 2.45) is 5.73 Å². The highest BCUT2D eigenvalue weighted by Gasteiger charge is 2.10. The van der Waals surface area contributed by atoms with Crippen molar-refractivity contribution in [3.63, 3.8) is 0 Å². The molecule has 0 radical (unpaired) electrons. The Hall–Kier alpha value is 0.600. The SMILES string of the molecule is NC[C@H](O)c1cccc(I)c1I. The van der Waals surface area contributed by atoms with Gasteiger partial charge in [0.05, 0.1) is 6.10 Å². The molecule has 0 aromatic heterocycles. The first-order valence-corrected chi connectivity index (χ1v) is 5.64. The van der Waals surface area contributed by atoms with Crippen LogP contribution < -0.4 is 5.73 Å². The Kier molecular flexibility index (Phi) is 4.21. The van der Waals surface area contributed by atoms with Gasteiger partial charge in [-0.25, -0.2) is 0 Å². The van der Waals surface area contributed by atoms with Crippen molar-refractivity contribution in [3.8, 4) is 0 Å². The van der Waals surface area contributed by atoms with Crippen molar-refractivity contribution >= 4 is 45.2 Å². The average molecular weight is 389 g/mol. The van der Waals surface area contributed by atoms with Crippen molar-refractivity contribution in [1.82, 2.24) is 0 Å². The van der Waals surface area contributed by atoms with Crippen molar-refractivity contribution in [3.05, 3.63) is 30.9 Å². The molecule has 12 heavy (non-hydrogen) atoms. The van der Waals surface area contributed by atoms with E-state index < -0.39 is 6.10 Å². The van der Waals surface area contributed by atoms with Gasteiger partial charge in [-0.05, 0) is 56.8 Å². The fourth-order valence-electron chi connectivity index (χ4n) is 0.905. The Bertz CT molecular complexity index is 278. The van der Waals surface area contributed by atoms with Gasteiger partial charge in [-0.2, -0.15) is 0 Å². The van der Waals surface area contributed by atoms with Crippen LogP contribution in [0.15, 0.2) is 18.2 Å². The van der Waals surface area contributed by atoms with E-state index in [1.807, 2.05) is 18.2 Å². The van der Waals surface area contributed by atoms with E-state index in [1.165, 1.54) is 0 Å². The molecule has 0 spiro atoms. The molecule has 0 bridgehead atoms. The Balaban J connectivity index is 3.07. The van der Waals surface area contributed by atoms with Gasteiger partial charge in [0, 0.05) is 13.7 Å². The number of halogens is 2. The van der Waals surface area contributed by atoms with Crippen LogP contribution >= 0.6 is 45.2 Å². The van der Waals surface area contributed by atoms with Crippen molar-refractivity contribution in [2.75, 3.05) is 6.54 Å². The highest BCUT2D eigenvalue weighted by molar-refractivity contribution is 14.1. The third kappa shape index (κ3) is 2.30. The van der Waals surface area contributed by atoms with Gasteiger partial charge in [0.25, 0.3) is 0 Å². The molecule has 66 valence electrons. The number of hydrogen-bond donors (Lipinski definition) is 2. The molecule has 1 aromatic carbocycles. The lowest BCUT2D eigenvalue weighted by Crippen LogP contribution is -2.13. The van der Waals surface area contributed by atoms with Crippen molar-refractivity contribution in [1.29, 1.82) is 0 Å². The van der Waals surface area contributed by atoms with Crippen LogP contribution in [0.3, 0.4) is 0 Å². The predicted molar refractivity (Wildman–Crippen MR) is 65.9 cm³/mol. The van der Waals surface area contributed by atoms with E-state index >= 15 is 0 Å². The molecule has 4 heteroatoms. The molecule has 2 nitrogen and oxygen atoms in total. The summed E-state index contributed by atoms with van der Waals surface area (Å²) in [5.41, 5.74) is 6.29. The second-order valence-electron chi connectivity index (χ2n) is 2.39. The van der Waals surface area contributed by atoms with Crippen LogP contribution in [0, 0.1) is 7.14 Å². The maximum atomic E-state index is 9.50. The van der Waals surface area contributed by atoms with Gasteiger partial charge in [0.1, 0.15) is 0 Å². The van der Waals surface area contributed by atoms with Crippen molar-refractivity contribution < 1.29 is 5.11 Å². The van der Waals surface area contributed by atoms with E-state index in [4.69, 9.17) is 5.73 Å². The third-order valence-corrected chi connectivity index (χ3v) is 4.70. The number of aliphatic hydroxyl groups is 1. The summed E-state index contributed by atoms with van der Waals surface area (Å²) in [5, 5.41) is 9.50. The molecule has 1 rings (SSSR count). The molecule has 0 saturated carbocycles. The lowest BCUT2D eigenvalue weighted by atomic mass is 10.1. The minimum Gasteiger partial charge on any atom is -0.387 e. The van der Waals surface area contributed by atoms with E-state index in [0.29, 0.717) is 0 Å². The van der Waals surface area contributed by atoms with Gasteiger partial charge in [0.2, 0.25) is 0 Å². The molecule has 0 aliphatic heterocycles. The van der Waals surface area contributed by atoms with E-state index in [1.54, 1.807) is 0 Å². The van der Waals surface area contributed by atoms with Gasteiger partial charge >= 0.3 is 0 Å². The summed E-state index contributed by atoms with van der Waals surface area (Å²) in [6.07, 6.45) is -0.536. The maximum Gasteiger partial charge on any atom is 0.0922 e. The molecule has 0 fully saturated rings. The Morgan fingerprint density at radius 3 is 2.67 bits per heavy atom. The Morgan fingerprint density at radius 2 is 2.08 bits per heavy atom. The maximum absolute atomic E-state index is 9.50. The summed E-state index contributed by atoms with van der Waals surface area (Å²) < 4.78 is 2.24. The summed E-state index contributed by atoms with van der Waals surface area (Å²) in [4.78, 5) is 0. The minimum absolute atomic E-state index is 0.274. The quantitative estimate of drug-likeness (QED) is 0.760. The second kappa shape index (κ2) is 4.73. The zero-order chi connectivity index (χ0) is 9.14. The Morgan fingerprint density at radius 1 is 1.42 bits per heavy atom. The van der Waals surface area contributed by atoms with Gasteiger partial charge in [0.15, 0.2) is 0 Å². The summed E-state index contributed by atoms with van der Waals surface area (Å²) in [5.74, 6) is 0. The number of aliphatic hydroxyl groups excluding tert-OH is 1. The standard InChI is InChI=1S/C8H9I2NO/c9-6-3-1-2-5(8(6)10)7(12)4-11/h1-3,7,12H,4,11H2/t7-/m0/s1. The first-order valence-electron chi connectivity index (χ1n) is 3.49. The first kappa shape index (κ1) is 10.7. The van der Waals surface area contributed by atoms with Crippen LogP contribution in [0.1, 0.15) is 11.7 Å². The van der Waals surface area contributed by atoms with Gasteiger partial charge < -0.3 is 10.8 Å². The van der Waals surface area contributed by atoms with E-state index in [0.717, 1.165) is 12.7 Å². The zero-order valence-electron chi connectivity index (χ0n) is 6.30. The van der Waals surface area contributed by atoms with Crippen LogP contribution in [-0.2, 0) is 0 Å². The lowest BCUT2D eigenvalue weighted by molar-refractivity contribution is 0.186. The molecule has 1 atom stereocenters.